The van der Waals surface area contributed by atoms with Crippen LogP contribution in [0, 0.1) is 6.92 Å². The molecule has 0 bridgehead atoms. The molecular weight excluding hydrogens is 362 g/mol. The first-order valence-electron chi connectivity index (χ1n) is 7.46. The first-order valence-corrected chi connectivity index (χ1v) is 9.06. The van der Waals surface area contributed by atoms with E-state index in [1.54, 1.807) is 36.0 Å². The summed E-state index contributed by atoms with van der Waals surface area (Å²) in [5.74, 6) is -0.490. The zero-order valence-electron chi connectivity index (χ0n) is 13.9. The van der Waals surface area contributed by atoms with E-state index in [0.29, 0.717) is 16.5 Å². The van der Waals surface area contributed by atoms with Crippen molar-refractivity contribution in [2.45, 2.75) is 11.8 Å². The molecule has 0 aliphatic carbocycles. The first-order chi connectivity index (χ1) is 12.0. The molecular formula is C18H18ClNO4S. The lowest BCUT2D eigenvalue weighted by atomic mass is 10.2. The van der Waals surface area contributed by atoms with Gasteiger partial charge in [0.2, 0.25) is 0 Å². The molecule has 0 radical (unpaired) electrons. The molecule has 7 heteroatoms. The summed E-state index contributed by atoms with van der Waals surface area (Å²) in [7, 11) is 0. The summed E-state index contributed by atoms with van der Waals surface area (Å²) in [6.07, 6.45) is 1.95. The normalized spacial score (nSPS) is 10.2. The maximum atomic E-state index is 11.8. The molecule has 2 aromatic carbocycles. The molecule has 0 saturated carbocycles. The second-order valence-electron chi connectivity index (χ2n) is 5.14. The predicted molar refractivity (Wildman–Crippen MR) is 99.5 cm³/mol. The number of rotatable bonds is 7. The van der Waals surface area contributed by atoms with Gasteiger partial charge in [-0.3, -0.25) is 4.79 Å². The fourth-order valence-electron chi connectivity index (χ4n) is 2.00. The highest BCUT2D eigenvalue weighted by molar-refractivity contribution is 7.98. The lowest BCUT2D eigenvalue weighted by molar-refractivity contribution is -0.149. The number of hydrogen-bond acceptors (Lipinski definition) is 5. The van der Waals surface area contributed by atoms with Crippen LogP contribution in [0.4, 0.5) is 5.69 Å². The van der Waals surface area contributed by atoms with Gasteiger partial charge in [-0.05, 0) is 55.1 Å². The summed E-state index contributed by atoms with van der Waals surface area (Å²) < 4.78 is 10.3. The molecule has 0 aliphatic heterocycles. The Bertz CT molecular complexity index is 766. The van der Waals surface area contributed by atoms with Gasteiger partial charge in [-0.1, -0.05) is 17.7 Å². The first kappa shape index (κ1) is 19.1. The number of aryl methyl sites for hydroxylation is 1. The number of halogens is 1. The smallest absolute Gasteiger partial charge is 0.344 e. The second kappa shape index (κ2) is 9.34. The van der Waals surface area contributed by atoms with Crippen molar-refractivity contribution in [3.8, 4) is 5.75 Å². The van der Waals surface area contributed by atoms with E-state index in [2.05, 4.69) is 5.32 Å². The number of benzene rings is 2. The van der Waals surface area contributed by atoms with Gasteiger partial charge < -0.3 is 14.8 Å². The second-order valence-corrected chi connectivity index (χ2v) is 6.46. The molecule has 0 aliphatic rings. The molecule has 2 aromatic rings. The lowest BCUT2D eigenvalue weighted by Gasteiger charge is -2.10. The van der Waals surface area contributed by atoms with Crippen LogP contribution in [0.2, 0.25) is 5.02 Å². The summed E-state index contributed by atoms with van der Waals surface area (Å²) in [6, 6.07) is 12.5. The molecule has 25 heavy (non-hydrogen) atoms. The Labute approximate surface area is 155 Å². The van der Waals surface area contributed by atoms with Crippen LogP contribution in [0.25, 0.3) is 0 Å². The van der Waals surface area contributed by atoms with Crippen molar-refractivity contribution < 1.29 is 19.1 Å². The topological polar surface area (TPSA) is 64.6 Å². The van der Waals surface area contributed by atoms with Gasteiger partial charge in [-0.2, -0.15) is 0 Å². The Balaban J connectivity index is 1.76. The van der Waals surface area contributed by atoms with Crippen molar-refractivity contribution >= 4 is 40.9 Å². The number of anilines is 1. The highest BCUT2D eigenvalue weighted by atomic mass is 35.5. The fraction of sp³-hybridized carbons (Fsp3) is 0.222. The van der Waals surface area contributed by atoms with Crippen molar-refractivity contribution in [2.75, 3.05) is 24.8 Å². The Morgan fingerprint density at radius 2 is 1.96 bits per heavy atom. The van der Waals surface area contributed by atoms with Gasteiger partial charge in [-0.15, -0.1) is 11.8 Å². The van der Waals surface area contributed by atoms with E-state index < -0.39 is 11.9 Å². The minimum absolute atomic E-state index is 0.280. The van der Waals surface area contributed by atoms with Crippen LogP contribution in [0.15, 0.2) is 47.4 Å². The molecule has 1 amide bonds. The van der Waals surface area contributed by atoms with Crippen molar-refractivity contribution in [1.29, 1.82) is 0 Å². The van der Waals surface area contributed by atoms with Crippen LogP contribution in [0.1, 0.15) is 5.56 Å². The zero-order chi connectivity index (χ0) is 18.2. The third kappa shape index (κ3) is 6.32. The summed E-state index contributed by atoms with van der Waals surface area (Å²) in [5.41, 5.74) is 1.47. The number of carbonyl (C=O) groups excluding carboxylic acids is 2. The maximum absolute atomic E-state index is 11.8. The molecule has 2 rings (SSSR count). The Kier molecular flexibility index (Phi) is 7.16. The van der Waals surface area contributed by atoms with Crippen LogP contribution in [0.3, 0.4) is 0 Å². The van der Waals surface area contributed by atoms with E-state index in [1.165, 1.54) is 0 Å². The van der Waals surface area contributed by atoms with E-state index in [-0.39, 0.29) is 13.2 Å². The van der Waals surface area contributed by atoms with Gasteiger partial charge in [0.05, 0.1) is 0 Å². The SMILES string of the molecule is CSc1cccc(NC(=O)COC(=O)COc2ccc(Cl)cc2C)c1. The molecule has 0 aromatic heterocycles. The lowest BCUT2D eigenvalue weighted by Crippen LogP contribution is -2.23. The summed E-state index contributed by atoms with van der Waals surface area (Å²) >= 11 is 7.43. The van der Waals surface area contributed by atoms with E-state index in [1.807, 2.05) is 31.4 Å². The minimum Gasteiger partial charge on any atom is -0.482 e. The monoisotopic (exact) mass is 379 g/mol. The number of nitrogens with one attached hydrogen (secondary N) is 1. The van der Waals surface area contributed by atoms with Crippen LogP contribution in [-0.4, -0.2) is 31.3 Å². The summed E-state index contributed by atoms with van der Waals surface area (Å²) in [6.45, 7) is 1.17. The van der Waals surface area contributed by atoms with Gasteiger partial charge >= 0.3 is 5.97 Å². The molecule has 5 nitrogen and oxygen atoms in total. The van der Waals surface area contributed by atoms with E-state index in [4.69, 9.17) is 21.1 Å². The number of hydrogen-bond donors (Lipinski definition) is 1. The highest BCUT2D eigenvalue weighted by Crippen LogP contribution is 2.21. The van der Waals surface area contributed by atoms with Gasteiger partial charge in [0.25, 0.3) is 5.91 Å². The minimum atomic E-state index is -0.623. The van der Waals surface area contributed by atoms with Crippen LogP contribution < -0.4 is 10.1 Å². The maximum Gasteiger partial charge on any atom is 0.344 e. The quantitative estimate of drug-likeness (QED) is 0.583. The van der Waals surface area contributed by atoms with Crippen molar-refractivity contribution in [3.05, 3.63) is 53.1 Å². The Morgan fingerprint density at radius 1 is 1.16 bits per heavy atom. The average molecular weight is 380 g/mol. The average Bonchev–Trinajstić information content (AvgIpc) is 2.59. The summed E-state index contributed by atoms with van der Waals surface area (Å²) in [4.78, 5) is 24.6. The molecule has 0 heterocycles. The Morgan fingerprint density at radius 3 is 2.68 bits per heavy atom. The van der Waals surface area contributed by atoms with Crippen LogP contribution in [-0.2, 0) is 14.3 Å². The largest absolute Gasteiger partial charge is 0.482 e. The number of ether oxygens (including phenoxy) is 2. The Hall–Kier alpha value is -2.18. The van der Waals surface area contributed by atoms with Gasteiger partial charge in [-0.25, -0.2) is 4.79 Å². The number of thioether (sulfide) groups is 1. The molecule has 0 atom stereocenters. The number of carbonyl (C=O) groups is 2. The number of amides is 1. The fourth-order valence-corrected chi connectivity index (χ4v) is 2.68. The number of esters is 1. The summed E-state index contributed by atoms with van der Waals surface area (Å²) in [5, 5.41) is 3.27. The molecule has 1 N–H and O–H groups in total. The van der Waals surface area contributed by atoms with Crippen LogP contribution in [0.5, 0.6) is 5.75 Å². The van der Waals surface area contributed by atoms with Crippen LogP contribution >= 0.6 is 23.4 Å². The predicted octanol–water partition coefficient (Wildman–Crippen LogP) is 3.93. The van der Waals surface area contributed by atoms with E-state index >= 15 is 0 Å². The van der Waals surface area contributed by atoms with E-state index in [0.717, 1.165) is 10.5 Å². The van der Waals surface area contributed by atoms with Crippen molar-refractivity contribution in [2.24, 2.45) is 0 Å². The van der Waals surface area contributed by atoms with Gasteiger partial charge in [0, 0.05) is 15.6 Å². The molecule has 0 fully saturated rings. The van der Waals surface area contributed by atoms with Gasteiger partial charge in [0.1, 0.15) is 5.75 Å². The van der Waals surface area contributed by atoms with Crippen molar-refractivity contribution in [1.82, 2.24) is 0 Å². The third-order valence-corrected chi connectivity index (χ3v) is 4.16. The molecule has 0 saturated heterocycles. The molecule has 132 valence electrons. The van der Waals surface area contributed by atoms with E-state index in [9.17, 15) is 9.59 Å². The standard InChI is InChI=1S/C18H18ClNO4S/c1-12-8-13(19)6-7-16(12)23-11-18(22)24-10-17(21)20-14-4-3-5-15(9-14)25-2/h3-9H,10-11H2,1-2H3,(H,20,21). The third-order valence-electron chi connectivity index (χ3n) is 3.20. The molecule has 0 unspecified atom stereocenters. The van der Waals surface area contributed by atoms with Gasteiger partial charge in [0.15, 0.2) is 13.2 Å². The molecule has 0 spiro atoms. The van der Waals surface area contributed by atoms with Crippen molar-refractivity contribution in [3.63, 3.8) is 0 Å². The zero-order valence-corrected chi connectivity index (χ0v) is 15.4. The highest BCUT2D eigenvalue weighted by Gasteiger charge is 2.10.